The Morgan fingerprint density at radius 3 is 2.55 bits per heavy atom. The van der Waals surface area contributed by atoms with Gasteiger partial charge in [0.05, 0.1) is 5.41 Å². The number of hydrogen-bond acceptors (Lipinski definition) is 4. The zero-order valence-electron chi connectivity index (χ0n) is 12.4. The summed E-state index contributed by atoms with van der Waals surface area (Å²) in [5.41, 5.74) is -0.875. The predicted octanol–water partition coefficient (Wildman–Crippen LogP) is 2.17. The summed E-state index contributed by atoms with van der Waals surface area (Å²) < 4.78 is 5.22. The second-order valence-electron chi connectivity index (χ2n) is 5.39. The Morgan fingerprint density at radius 1 is 1.23 bits per heavy atom. The van der Waals surface area contributed by atoms with Gasteiger partial charge in [0.2, 0.25) is 5.91 Å². The van der Waals surface area contributed by atoms with Crippen molar-refractivity contribution in [3.63, 3.8) is 0 Å². The van der Waals surface area contributed by atoms with Gasteiger partial charge < -0.3 is 15.2 Å². The summed E-state index contributed by atoms with van der Waals surface area (Å²) in [6.07, 6.45) is 1.27. The highest BCUT2D eigenvalue weighted by Gasteiger charge is 2.40. The van der Waals surface area contributed by atoms with Crippen LogP contribution in [-0.4, -0.2) is 42.5 Å². The van der Waals surface area contributed by atoms with Gasteiger partial charge in [0.25, 0.3) is 0 Å². The minimum atomic E-state index is -0.875. The van der Waals surface area contributed by atoms with E-state index in [1.54, 1.807) is 11.8 Å². The van der Waals surface area contributed by atoms with Crippen molar-refractivity contribution >= 4 is 23.6 Å². The average Bonchev–Trinajstić information content (AvgIpc) is 2.55. The molecular weight excluding hydrogens is 302 g/mol. The number of carboxylic acid groups (broad SMARTS) is 1. The molecule has 0 spiro atoms. The summed E-state index contributed by atoms with van der Waals surface area (Å²) in [5.74, 6) is -0.274. The number of carbonyl (C=O) groups is 2. The van der Waals surface area contributed by atoms with E-state index in [0.29, 0.717) is 38.2 Å². The molecule has 1 aromatic carbocycles. The van der Waals surface area contributed by atoms with Crippen LogP contribution in [0.1, 0.15) is 19.3 Å². The van der Waals surface area contributed by atoms with E-state index in [1.165, 1.54) is 0 Å². The molecule has 1 aromatic rings. The van der Waals surface area contributed by atoms with Crippen LogP contribution in [0.15, 0.2) is 35.2 Å². The SMILES string of the molecule is O=C(CCSc1ccccc1)NCC1(C(=O)O)CCOCC1. The van der Waals surface area contributed by atoms with Crippen LogP contribution < -0.4 is 5.32 Å². The molecule has 1 aliphatic rings. The first-order chi connectivity index (χ1) is 10.6. The van der Waals surface area contributed by atoms with Crippen molar-refractivity contribution in [3.05, 3.63) is 30.3 Å². The molecule has 1 amide bonds. The minimum Gasteiger partial charge on any atom is -0.481 e. The van der Waals surface area contributed by atoms with Crippen molar-refractivity contribution in [2.75, 3.05) is 25.5 Å². The van der Waals surface area contributed by atoms with Crippen LogP contribution in [0.5, 0.6) is 0 Å². The lowest BCUT2D eigenvalue weighted by Crippen LogP contribution is -2.46. The standard InChI is InChI=1S/C16H21NO4S/c18-14(6-11-22-13-4-2-1-3-5-13)17-12-16(15(19)20)7-9-21-10-8-16/h1-5H,6-12H2,(H,17,18)(H,19,20). The van der Waals surface area contributed by atoms with Gasteiger partial charge in [-0.25, -0.2) is 0 Å². The molecule has 0 unspecified atom stereocenters. The maximum atomic E-state index is 11.9. The molecule has 2 rings (SSSR count). The lowest BCUT2D eigenvalue weighted by Gasteiger charge is -2.33. The van der Waals surface area contributed by atoms with Crippen LogP contribution in [0, 0.1) is 5.41 Å². The molecule has 1 saturated heterocycles. The average molecular weight is 323 g/mol. The molecule has 1 heterocycles. The fourth-order valence-corrected chi connectivity index (χ4v) is 3.24. The first-order valence-electron chi connectivity index (χ1n) is 7.38. The van der Waals surface area contributed by atoms with E-state index in [4.69, 9.17) is 4.74 Å². The first-order valence-corrected chi connectivity index (χ1v) is 8.37. The highest BCUT2D eigenvalue weighted by molar-refractivity contribution is 7.99. The maximum absolute atomic E-state index is 11.9. The van der Waals surface area contributed by atoms with E-state index >= 15 is 0 Å². The van der Waals surface area contributed by atoms with Gasteiger partial charge in [0.15, 0.2) is 0 Å². The molecule has 0 aromatic heterocycles. The zero-order chi connectivity index (χ0) is 15.8. The van der Waals surface area contributed by atoms with Crippen molar-refractivity contribution < 1.29 is 19.4 Å². The second-order valence-corrected chi connectivity index (χ2v) is 6.55. The van der Waals surface area contributed by atoms with E-state index in [9.17, 15) is 14.7 Å². The lowest BCUT2D eigenvalue weighted by atomic mass is 9.80. The Hall–Kier alpha value is -1.53. The number of aliphatic carboxylic acids is 1. The number of hydrogen-bond donors (Lipinski definition) is 2. The topological polar surface area (TPSA) is 75.6 Å². The van der Waals surface area contributed by atoms with Gasteiger partial charge in [-0.2, -0.15) is 0 Å². The molecule has 1 fully saturated rings. The third-order valence-corrected chi connectivity index (χ3v) is 4.88. The molecule has 22 heavy (non-hydrogen) atoms. The maximum Gasteiger partial charge on any atom is 0.311 e. The molecule has 1 aliphatic heterocycles. The predicted molar refractivity (Wildman–Crippen MR) is 84.9 cm³/mol. The largest absolute Gasteiger partial charge is 0.481 e. The van der Waals surface area contributed by atoms with E-state index in [0.717, 1.165) is 4.90 Å². The van der Waals surface area contributed by atoms with E-state index in [1.807, 2.05) is 30.3 Å². The molecule has 0 radical (unpaired) electrons. The molecule has 0 bridgehead atoms. The molecule has 2 N–H and O–H groups in total. The first kappa shape index (κ1) is 16.8. The Bertz CT molecular complexity index is 500. The second kappa shape index (κ2) is 8.19. The normalized spacial score (nSPS) is 16.9. The van der Waals surface area contributed by atoms with Crippen molar-refractivity contribution in [1.82, 2.24) is 5.32 Å². The highest BCUT2D eigenvalue weighted by atomic mass is 32.2. The number of carbonyl (C=O) groups excluding carboxylic acids is 1. The monoisotopic (exact) mass is 323 g/mol. The van der Waals surface area contributed by atoms with E-state index in [2.05, 4.69) is 5.32 Å². The lowest BCUT2D eigenvalue weighted by molar-refractivity contribution is -0.154. The summed E-state index contributed by atoms with van der Waals surface area (Å²) in [5, 5.41) is 12.2. The minimum absolute atomic E-state index is 0.101. The Morgan fingerprint density at radius 2 is 1.91 bits per heavy atom. The molecule has 6 heteroatoms. The van der Waals surface area contributed by atoms with Crippen LogP contribution in [0.2, 0.25) is 0 Å². The molecule has 0 saturated carbocycles. The summed E-state index contributed by atoms with van der Waals surface area (Å²) in [6, 6.07) is 9.89. The number of carboxylic acids is 1. The van der Waals surface area contributed by atoms with Crippen molar-refractivity contribution in [2.45, 2.75) is 24.2 Å². The van der Waals surface area contributed by atoms with Gasteiger partial charge >= 0.3 is 5.97 Å². The van der Waals surface area contributed by atoms with Crippen LogP contribution >= 0.6 is 11.8 Å². The number of benzene rings is 1. The molecule has 5 nitrogen and oxygen atoms in total. The van der Waals surface area contributed by atoms with Crippen LogP contribution in [0.3, 0.4) is 0 Å². The summed E-state index contributed by atoms with van der Waals surface area (Å²) >= 11 is 1.62. The quantitative estimate of drug-likeness (QED) is 0.752. The summed E-state index contributed by atoms with van der Waals surface area (Å²) in [4.78, 5) is 24.5. The number of amides is 1. The Kier molecular flexibility index (Phi) is 6.27. The summed E-state index contributed by atoms with van der Waals surface area (Å²) in [7, 11) is 0. The van der Waals surface area contributed by atoms with Gasteiger partial charge in [-0.15, -0.1) is 11.8 Å². The van der Waals surface area contributed by atoms with Gasteiger partial charge in [-0.3, -0.25) is 9.59 Å². The van der Waals surface area contributed by atoms with E-state index < -0.39 is 11.4 Å². The van der Waals surface area contributed by atoms with Crippen molar-refractivity contribution in [3.8, 4) is 0 Å². The van der Waals surface area contributed by atoms with Gasteiger partial charge in [0, 0.05) is 36.8 Å². The van der Waals surface area contributed by atoms with Crippen LogP contribution in [0.25, 0.3) is 0 Å². The zero-order valence-corrected chi connectivity index (χ0v) is 13.2. The fraction of sp³-hybridized carbons (Fsp3) is 0.500. The number of rotatable bonds is 7. The smallest absolute Gasteiger partial charge is 0.311 e. The fourth-order valence-electron chi connectivity index (χ4n) is 2.36. The number of thioether (sulfide) groups is 1. The van der Waals surface area contributed by atoms with Crippen molar-refractivity contribution in [2.24, 2.45) is 5.41 Å². The third kappa shape index (κ3) is 4.74. The van der Waals surface area contributed by atoms with Crippen molar-refractivity contribution in [1.29, 1.82) is 0 Å². The molecule has 120 valence electrons. The number of ether oxygens (including phenoxy) is 1. The summed E-state index contributed by atoms with van der Waals surface area (Å²) in [6.45, 7) is 1.05. The molecular formula is C16H21NO4S. The van der Waals surface area contributed by atoms with Gasteiger partial charge in [0.1, 0.15) is 0 Å². The molecule has 0 atom stereocenters. The highest BCUT2D eigenvalue weighted by Crippen LogP contribution is 2.30. The van der Waals surface area contributed by atoms with Crippen LogP contribution in [-0.2, 0) is 14.3 Å². The van der Waals surface area contributed by atoms with Gasteiger partial charge in [-0.05, 0) is 25.0 Å². The van der Waals surface area contributed by atoms with Crippen LogP contribution in [0.4, 0.5) is 0 Å². The van der Waals surface area contributed by atoms with E-state index in [-0.39, 0.29) is 12.5 Å². The number of nitrogens with one attached hydrogen (secondary N) is 1. The Labute approximate surface area is 134 Å². The Balaban J connectivity index is 1.73. The third-order valence-electron chi connectivity index (χ3n) is 3.87. The van der Waals surface area contributed by atoms with Gasteiger partial charge in [-0.1, -0.05) is 18.2 Å². The molecule has 0 aliphatic carbocycles.